The fraction of sp³-hybridized carbons (Fsp3) is 0.100. The summed E-state index contributed by atoms with van der Waals surface area (Å²) in [6.45, 7) is 0. The summed E-state index contributed by atoms with van der Waals surface area (Å²) in [5.41, 5.74) is 0.631. The number of hydrogen-bond acceptors (Lipinski definition) is 4. The number of aromatic nitrogens is 2. The maximum atomic E-state index is 14.4. The number of H-pyrrole nitrogens is 1. The molecule has 0 bridgehead atoms. The standard InChI is InChI=1S/C20H14F2N4O2S/c21-15-10-17(16(22)9-13(15)3-1-7-23)26-29(27,28)18-11-25-20-14(18)6-5-12-4-2-8-24-19(12)20/h2,4-6,8-11,24,26H,1,3H2. The lowest BCUT2D eigenvalue weighted by Crippen LogP contribution is -2.14. The maximum Gasteiger partial charge on any atom is 0.264 e. The van der Waals surface area contributed by atoms with Gasteiger partial charge < -0.3 is 4.98 Å². The summed E-state index contributed by atoms with van der Waals surface area (Å²) in [5.74, 6) is -1.71. The second kappa shape index (κ2) is 7.14. The Hall–Kier alpha value is -3.51. The lowest BCUT2D eigenvalue weighted by atomic mass is 10.1. The number of benzene rings is 2. The van der Waals surface area contributed by atoms with E-state index in [0.717, 1.165) is 17.5 Å². The molecule has 0 aliphatic heterocycles. The van der Waals surface area contributed by atoms with Crippen molar-refractivity contribution in [3.63, 3.8) is 0 Å². The SMILES string of the molecule is N#CCCc1cc(F)c(NS(=O)(=O)c2cnc3c2ccc2ccc[nH]c23)cc1F. The normalized spacial score (nSPS) is 11.6. The van der Waals surface area contributed by atoms with Gasteiger partial charge in [0.05, 0.1) is 22.8 Å². The third-order valence-electron chi connectivity index (χ3n) is 4.56. The average Bonchev–Trinajstić information content (AvgIpc) is 3.15. The molecule has 0 unspecified atom stereocenters. The molecule has 9 heteroatoms. The third kappa shape index (κ3) is 3.39. The molecule has 29 heavy (non-hydrogen) atoms. The van der Waals surface area contributed by atoms with Crippen LogP contribution in [0.25, 0.3) is 21.8 Å². The van der Waals surface area contributed by atoms with Crippen LogP contribution < -0.4 is 4.72 Å². The van der Waals surface area contributed by atoms with E-state index in [2.05, 4.69) is 14.7 Å². The second-order valence-electron chi connectivity index (χ2n) is 6.41. The van der Waals surface area contributed by atoms with Crippen LogP contribution in [-0.2, 0) is 16.4 Å². The molecular formula is C20H14F2N4O2S. The van der Waals surface area contributed by atoms with Crippen LogP contribution in [0.1, 0.15) is 12.0 Å². The van der Waals surface area contributed by atoms with E-state index in [0.29, 0.717) is 16.4 Å². The van der Waals surface area contributed by atoms with Crippen molar-refractivity contribution < 1.29 is 17.2 Å². The van der Waals surface area contributed by atoms with Crippen LogP contribution >= 0.6 is 0 Å². The molecule has 0 fully saturated rings. The Morgan fingerprint density at radius 3 is 2.79 bits per heavy atom. The van der Waals surface area contributed by atoms with Crippen molar-refractivity contribution in [1.82, 2.24) is 9.97 Å². The van der Waals surface area contributed by atoms with Crippen molar-refractivity contribution in [2.75, 3.05) is 4.72 Å². The van der Waals surface area contributed by atoms with Crippen LogP contribution in [0.3, 0.4) is 0 Å². The Balaban J connectivity index is 1.74. The first-order valence-corrected chi connectivity index (χ1v) is 10.1. The number of hydrogen-bond donors (Lipinski definition) is 2. The van der Waals surface area contributed by atoms with Gasteiger partial charge in [-0.05, 0) is 24.1 Å². The van der Waals surface area contributed by atoms with Crippen molar-refractivity contribution in [3.8, 4) is 6.07 Å². The van der Waals surface area contributed by atoms with Gasteiger partial charge >= 0.3 is 0 Å². The highest BCUT2D eigenvalue weighted by Gasteiger charge is 2.23. The minimum absolute atomic E-state index is 0.00873. The van der Waals surface area contributed by atoms with Gasteiger partial charge in [0, 0.05) is 35.7 Å². The molecule has 0 spiro atoms. The van der Waals surface area contributed by atoms with E-state index in [1.807, 2.05) is 18.2 Å². The largest absolute Gasteiger partial charge is 0.359 e. The Morgan fingerprint density at radius 1 is 1.17 bits per heavy atom. The summed E-state index contributed by atoms with van der Waals surface area (Å²) in [6, 6.07) is 10.6. The number of halogens is 2. The highest BCUT2D eigenvalue weighted by molar-refractivity contribution is 7.93. The van der Waals surface area contributed by atoms with Gasteiger partial charge in [-0.3, -0.25) is 9.71 Å². The number of fused-ring (bicyclic) bond motifs is 3. The van der Waals surface area contributed by atoms with Gasteiger partial charge in [-0.25, -0.2) is 17.2 Å². The molecular weight excluding hydrogens is 398 g/mol. The second-order valence-corrected chi connectivity index (χ2v) is 8.06. The number of aromatic amines is 1. The highest BCUT2D eigenvalue weighted by Crippen LogP contribution is 2.30. The first kappa shape index (κ1) is 18.8. The molecule has 0 amide bonds. The van der Waals surface area contributed by atoms with Crippen molar-refractivity contribution in [1.29, 1.82) is 5.26 Å². The van der Waals surface area contributed by atoms with Crippen LogP contribution in [0.2, 0.25) is 0 Å². The van der Waals surface area contributed by atoms with Crippen LogP contribution in [0, 0.1) is 23.0 Å². The summed E-state index contributed by atoms with van der Waals surface area (Å²) in [5, 5.41) is 9.81. The van der Waals surface area contributed by atoms with Gasteiger partial charge in [0.25, 0.3) is 10.0 Å². The van der Waals surface area contributed by atoms with Crippen molar-refractivity contribution in [2.45, 2.75) is 17.7 Å². The van der Waals surface area contributed by atoms with E-state index in [-0.39, 0.29) is 23.3 Å². The van der Waals surface area contributed by atoms with Crippen molar-refractivity contribution in [2.24, 2.45) is 0 Å². The molecule has 0 atom stereocenters. The summed E-state index contributed by atoms with van der Waals surface area (Å²) in [7, 11) is -4.22. The summed E-state index contributed by atoms with van der Waals surface area (Å²) >= 11 is 0. The van der Waals surface area contributed by atoms with E-state index in [1.165, 1.54) is 6.20 Å². The molecule has 0 aliphatic carbocycles. The fourth-order valence-electron chi connectivity index (χ4n) is 3.17. The van der Waals surface area contributed by atoms with Crippen molar-refractivity contribution >= 4 is 37.5 Å². The fourth-order valence-corrected chi connectivity index (χ4v) is 4.37. The van der Waals surface area contributed by atoms with Crippen LogP contribution in [0.4, 0.5) is 14.5 Å². The molecule has 0 saturated carbocycles. The Bertz CT molecular complexity index is 1390. The lowest BCUT2D eigenvalue weighted by Gasteiger charge is -2.10. The zero-order chi connectivity index (χ0) is 20.6. The summed E-state index contributed by atoms with van der Waals surface area (Å²) < 4.78 is 56.3. The Labute approximate surface area is 164 Å². The lowest BCUT2D eigenvalue weighted by molar-refractivity contribution is 0.585. The smallest absolute Gasteiger partial charge is 0.264 e. The van der Waals surface area contributed by atoms with Gasteiger partial charge in [-0.2, -0.15) is 5.26 Å². The quantitative estimate of drug-likeness (QED) is 0.512. The molecule has 2 aromatic heterocycles. The number of aryl methyl sites for hydroxylation is 1. The van der Waals surface area contributed by atoms with Gasteiger partial charge in [-0.1, -0.05) is 18.2 Å². The predicted octanol–water partition coefficient (Wildman–Crippen LogP) is 4.25. The summed E-state index contributed by atoms with van der Waals surface area (Å²) in [4.78, 5) is 7.09. The zero-order valence-corrected chi connectivity index (χ0v) is 15.7. The summed E-state index contributed by atoms with van der Waals surface area (Å²) in [6.07, 6.45) is 2.95. The monoisotopic (exact) mass is 412 g/mol. The molecule has 2 N–H and O–H groups in total. The Kier molecular flexibility index (Phi) is 4.64. The minimum atomic E-state index is -4.22. The maximum absolute atomic E-state index is 14.4. The zero-order valence-electron chi connectivity index (χ0n) is 14.9. The molecule has 4 aromatic rings. The van der Waals surface area contributed by atoms with E-state index in [4.69, 9.17) is 5.26 Å². The van der Waals surface area contributed by atoms with E-state index in [1.54, 1.807) is 18.3 Å². The molecule has 0 aliphatic rings. The number of rotatable bonds is 5. The molecule has 4 rings (SSSR count). The first-order valence-electron chi connectivity index (χ1n) is 8.63. The number of nitrogens with zero attached hydrogens (tertiary/aromatic N) is 2. The number of sulfonamides is 1. The highest BCUT2D eigenvalue weighted by atomic mass is 32.2. The van der Waals surface area contributed by atoms with Gasteiger partial charge in [0.15, 0.2) is 0 Å². The van der Waals surface area contributed by atoms with E-state index < -0.39 is 27.3 Å². The molecule has 0 radical (unpaired) electrons. The van der Waals surface area contributed by atoms with Gasteiger partial charge in [0.2, 0.25) is 0 Å². The number of anilines is 1. The van der Waals surface area contributed by atoms with Crippen LogP contribution in [-0.4, -0.2) is 18.4 Å². The van der Waals surface area contributed by atoms with Crippen LogP contribution in [0.5, 0.6) is 0 Å². The topological polar surface area (TPSA) is 98.6 Å². The molecule has 2 aromatic carbocycles. The van der Waals surface area contributed by atoms with Crippen molar-refractivity contribution in [3.05, 3.63) is 66.0 Å². The molecule has 146 valence electrons. The molecule has 6 nitrogen and oxygen atoms in total. The molecule has 2 heterocycles. The van der Waals surface area contributed by atoms with E-state index in [9.17, 15) is 17.2 Å². The third-order valence-corrected chi connectivity index (χ3v) is 5.96. The predicted molar refractivity (Wildman–Crippen MR) is 105 cm³/mol. The molecule has 0 saturated heterocycles. The van der Waals surface area contributed by atoms with Gasteiger partial charge in [0.1, 0.15) is 16.5 Å². The average molecular weight is 412 g/mol. The van der Waals surface area contributed by atoms with E-state index >= 15 is 0 Å². The van der Waals surface area contributed by atoms with Gasteiger partial charge in [-0.15, -0.1) is 0 Å². The first-order chi connectivity index (χ1) is 13.9. The Morgan fingerprint density at radius 2 is 2.00 bits per heavy atom. The number of nitrogens with one attached hydrogen (secondary N) is 2. The van der Waals surface area contributed by atoms with Crippen LogP contribution in [0.15, 0.2) is 53.7 Å². The number of nitriles is 1. The minimum Gasteiger partial charge on any atom is -0.359 e. The number of pyridine rings is 1.